The Labute approximate surface area is 136 Å². The van der Waals surface area contributed by atoms with Crippen LogP contribution >= 0.6 is 0 Å². The first-order valence-corrected chi connectivity index (χ1v) is 8.42. The SMILES string of the molecule is CCc1ccc(C(C)(C)CC(C)(C)C)c(-c2ccccc2)c1. The van der Waals surface area contributed by atoms with Gasteiger partial charge in [0, 0.05) is 0 Å². The topological polar surface area (TPSA) is 0 Å². The van der Waals surface area contributed by atoms with Crippen LogP contribution in [-0.4, -0.2) is 0 Å². The van der Waals surface area contributed by atoms with E-state index in [0.717, 1.165) is 6.42 Å². The van der Waals surface area contributed by atoms with Crippen molar-refractivity contribution in [2.45, 2.75) is 59.8 Å². The molecule has 2 rings (SSSR count). The van der Waals surface area contributed by atoms with Crippen LogP contribution < -0.4 is 0 Å². The Balaban J connectivity index is 2.56. The van der Waals surface area contributed by atoms with Crippen molar-refractivity contribution in [3.63, 3.8) is 0 Å². The molecule has 0 heteroatoms. The maximum absolute atomic E-state index is 2.38. The van der Waals surface area contributed by atoms with Gasteiger partial charge < -0.3 is 0 Å². The predicted octanol–water partition coefficient (Wildman–Crippen LogP) is 6.63. The van der Waals surface area contributed by atoms with Crippen LogP contribution in [0, 0.1) is 5.41 Å². The molecule has 0 saturated heterocycles. The molecule has 118 valence electrons. The van der Waals surface area contributed by atoms with Gasteiger partial charge in [0.1, 0.15) is 0 Å². The van der Waals surface area contributed by atoms with E-state index in [1.165, 1.54) is 28.7 Å². The van der Waals surface area contributed by atoms with Gasteiger partial charge in [-0.3, -0.25) is 0 Å². The fourth-order valence-corrected chi connectivity index (χ4v) is 3.68. The van der Waals surface area contributed by atoms with E-state index in [0.29, 0.717) is 5.41 Å². The molecule has 0 aliphatic carbocycles. The Hall–Kier alpha value is -1.56. The van der Waals surface area contributed by atoms with Gasteiger partial charge in [0.25, 0.3) is 0 Å². The summed E-state index contributed by atoms with van der Waals surface area (Å²) in [6.07, 6.45) is 2.26. The first-order chi connectivity index (χ1) is 10.2. The molecule has 0 radical (unpaired) electrons. The highest BCUT2D eigenvalue weighted by molar-refractivity contribution is 5.69. The predicted molar refractivity (Wildman–Crippen MR) is 98.4 cm³/mol. The fourth-order valence-electron chi connectivity index (χ4n) is 3.68. The average Bonchev–Trinajstić information content (AvgIpc) is 2.45. The Bertz CT molecular complexity index is 612. The van der Waals surface area contributed by atoms with Crippen molar-refractivity contribution < 1.29 is 0 Å². The molecule has 0 N–H and O–H groups in total. The average molecular weight is 294 g/mol. The lowest BCUT2D eigenvalue weighted by Crippen LogP contribution is -2.25. The van der Waals surface area contributed by atoms with Gasteiger partial charge in [-0.1, -0.05) is 90.1 Å². The molecule has 22 heavy (non-hydrogen) atoms. The molecule has 0 amide bonds. The Kier molecular flexibility index (Phi) is 4.80. The summed E-state index contributed by atoms with van der Waals surface area (Å²) in [6.45, 7) is 14.0. The molecule has 0 aromatic heterocycles. The van der Waals surface area contributed by atoms with Crippen LogP contribution in [0.2, 0.25) is 0 Å². The van der Waals surface area contributed by atoms with Gasteiger partial charge in [-0.05, 0) is 45.9 Å². The van der Waals surface area contributed by atoms with E-state index in [1.54, 1.807) is 0 Å². The molecule has 0 nitrogen and oxygen atoms in total. The van der Waals surface area contributed by atoms with Crippen LogP contribution in [0.15, 0.2) is 48.5 Å². The molecule has 0 bridgehead atoms. The van der Waals surface area contributed by atoms with Crippen LogP contribution in [-0.2, 0) is 11.8 Å². The Morgan fingerprint density at radius 2 is 1.45 bits per heavy atom. The zero-order valence-electron chi connectivity index (χ0n) is 15.0. The first-order valence-electron chi connectivity index (χ1n) is 8.42. The van der Waals surface area contributed by atoms with Gasteiger partial charge in [0.2, 0.25) is 0 Å². The first kappa shape index (κ1) is 16.8. The van der Waals surface area contributed by atoms with E-state index in [2.05, 4.69) is 90.1 Å². The van der Waals surface area contributed by atoms with Gasteiger partial charge in [-0.15, -0.1) is 0 Å². The lowest BCUT2D eigenvalue weighted by Gasteiger charge is -2.34. The third kappa shape index (κ3) is 4.00. The molecule has 0 spiro atoms. The minimum absolute atomic E-state index is 0.162. The Morgan fingerprint density at radius 1 is 0.818 bits per heavy atom. The normalized spacial score (nSPS) is 12.5. The molecule has 0 saturated carbocycles. The highest BCUT2D eigenvalue weighted by atomic mass is 14.3. The quantitative estimate of drug-likeness (QED) is 0.593. The summed E-state index contributed by atoms with van der Waals surface area (Å²) in [5.41, 5.74) is 6.08. The van der Waals surface area contributed by atoms with Crippen molar-refractivity contribution in [3.05, 3.63) is 59.7 Å². The summed E-state index contributed by atoms with van der Waals surface area (Å²) in [5.74, 6) is 0. The minimum Gasteiger partial charge on any atom is -0.0622 e. The lowest BCUT2D eigenvalue weighted by molar-refractivity contribution is 0.284. The van der Waals surface area contributed by atoms with Gasteiger partial charge in [0.05, 0.1) is 0 Å². The maximum Gasteiger partial charge on any atom is -0.00924 e. The van der Waals surface area contributed by atoms with Crippen molar-refractivity contribution in [3.8, 4) is 11.1 Å². The highest BCUT2D eigenvalue weighted by Crippen LogP contribution is 2.41. The molecule has 0 unspecified atom stereocenters. The van der Waals surface area contributed by atoms with Crippen molar-refractivity contribution in [2.75, 3.05) is 0 Å². The van der Waals surface area contributed by atoms with Crippen LogP contribution in [0.3, 0.4) is 0 Å². The van der Waals surface area contributed by atoms with Crippen LogP contribution in [0.5, 0.6) is 0 Å². The summed E-state index contributed by atoms with van der Waals surface area (Å²) in [7, 11) is 0. The molecular formula is C22H30. The molecule has 0 fully saturated rings. The second-order valence-corrected chi connectivity index (χ2v) is 8.22. The summed E-state index contributed by atoms with van der Waals surface area (Å²) in [5, 5.41) is 0. The number of aryl methyl sites for hydroxylation is 1. The van der Waals surface area contributed by atoms with Crippen LogP contribution in [0.25, 0.3) is 11.1 Å². The standard InChI is InChI=1S/C22H30/c1-7-17-13-14-20(22(5,6)16-21(2,3)4)19(15-17)18-11-9-8-10-12-18/h8-15H,7,16H2,1-6H3. The minimum atomic E-state index is 0.162. The smallest absolute Gasteiger partial charge is 0.00924 e. The summed E-state index contributed by atoms with van der Waals surface area (Å²) >= 11 is 0. The summed E-state index contributed by atoms with van der Waals surface area (Å²) in [4.78, 5) is 0. The van der Waals surface area contributed by atoms with E-state index < -0.39 is 0 Å². The number of hydrogen-bond donors (Lipinski definition) is 0. The van der Waals surface area contributed by atoms with Crippen molar-refractivity contribution in [1.82, 2.24) is 0 Å². The largest absolute Gasteiger partial charge is 0.0622 e. The molecule has 0 aliphatic heterocycles. The number of benzene rings is 2. The monoisotopic (exact) mass is 294 g/mol. The number of rotatable bonds is 4. The van der Waals surface area contributed by atoms with Crippen LogP contribution in [0.1, 0.15) is 59.1 Å². The van der Waals surface area contributed by atoms with Gasteiger partial charge in [-0.25, -0.2) is 0 Å². The maximum atomic E-state index is 2.38. The third-order valence-electron chi connectivity index (χ3n) is 4.28. The zero-order valence-corrected chi connectivity index (χ0v) is 15.0. The van der Waals surface area contributed by atoms with E-state index in [9.17, 15) is 0 Å². The van der Waals surface area contributed by atoms with Gasteiger partial charge in [-0.2, -0.15) is 0 Å². The van der Waals surface area contributed by atoms with Crippen molar-refractivity contribution in [2.24, 2.45) is 5.41 Å². The van der Waals surface area contributed by atoms with Gasteiger partial charge >= 0.3 is 0 Å². The second-order valence-electron chi connectivity index (χ2n) is 8.22. The lowest BCUT2D eigenvalue weighted by atomic mass is 9.70. The third-order valence-corrected chi connectivity index (χ3v) is 4.28. The molecule has 0 aliphatic rings. The second kappa shape index (κ2) is 6.28. The highest BCUT2D eigenvalue weighted by Gasteiger charge is 2.29. The molecule has 0 atom stereocenters. The zero-order chi connectivity index (χ0) is 16.4. The van der Waals surface area contributed by atoms with E-state index in [-0.39, 0.29) is 5.41 Å². The molecule has 0 heterocycles. The van der Waals surface area contributed by atoms with E-state index in [1.807, 2.05) is 0 Å². The van der Waals surface area contributed by atoms with E-state index >= 15 is 0 Å². The van der Waals surface area contributed by atoms with E-state index in [4.69, 9.17) is 0 Å². The fraction of sp³-hybridized carbons (Fsp3) is 0.455. The van der Waals surface area contributed by atoms with Gasteiger partial charge in [0.15, 0.2) is 0 Å². The molecular weight excluding hydrogens is 264 g/mol. The molecule has 2 aromatic rings. The Morgan fingerprint density at radius 3 is 2.00 bits per heavy atom. The summed E-state index contributed by atoms with van der Waals surface area (Å²) in [6, 6.07) is 17.8. The van der Waals surface area contributed by atoms with Crippen LogP contribution in [0.4, 0.5) is 0 Å². The number of hydrogen-bond acceptors (Lipinski definition) is 0. The van der Waals surface area contributed by atoms with Crippen molar-refractivity contribution >= 4 is 0 Å². The molecule has 2 aromatic carbocycles. The summed E-state index contributed by atoms with van der Waals surface area (Å²) < 4.78 is 0. The van der Waals surface area contributed by atoms with Crippen molar-refractivity contribution in [1.29, 1.82) is 0 Å².